The number of carbonyl (C=O) groups excluding carboxylic acids is 1. The summed E-state index contributed by atoms with van der Waals surface area (Å²) in [7, 11) is 0. The Bertz CT molecular complexity index is 718. The molecule has 1 amide bonds. The van der Waals surface area contributed by atoms with Crippen LogP contribution < -0.4 is 4.74 Å². The third kappa shape index (κ3) is 3.93. The minimum Gasteiger partial charge on any atom is -0.474 e. The fourth-order valence-corrected chi connectivity index (χ4v) is 3.04. The van der Waals surface area contributed by atoms with E-state index >= 15 is 0 Å². The maximum atomic E-state index is 12.5. The quantitative estimate of drug-likeness (QED) is 0.864. The van der Waals surface area contributed by atoms with Crippen LogP contribution in [0.3, 0.4) is 0 Å². The Labute approximate surface area is 142 Å². The average molecular weight is 328 g/mol. The molecule has 0 atom stereocenters. The molecule has 24 heavy (non-hydrogen) atoms. The van der Waals surface area contributed by atoms with Gasteiger partial charge in [0.25, 0.3) is 0 Å². The maximum absolute atomic E-state index is 12.5. The first-order valence-electron chi connectivity index (χ1n) is 8.40. The van der Waals surface area contributed by atoms with Gasteiger partial charge >= 0.3 is 0 Å². The van der Waals surface area contributed by atoms with Gasteiger partial charge in [0.05, 0.1) is 5.69 Å². The lowest BCUT2D eigenvalue weighted by Gasteiger charge is -2.32. The van der Waals surface area contributed by atoms with E-state index in [-0.39, 0.29) is 12.0 Å². The summed E-state index contributed by atoms with van der Waals surface area (Å²) in [5.74, 6) is 0.788. The van der Waals surface area contributed by atoms with E-state index in [4.69, 9.17) is 4.74 Å². The number of aryl methyl sites for hydroxylation is 3. The number of hydrogen-bond acceptors (Lipinski definition) is 4. The number of piperidine rings is 1. The molecule has 2 aromatic rings. The first-order valence-corrected chi connectivity index (χ1v) is 8.40. The molecular formula is C18H24N4O2. The van der Waals surface area contributed by atoms with Crippen LogP contribution in [0.25, 0.3) is 0 Å². The van der Waals surface area contributed by atoms with Crippen molar-refractivity contribution in [2.45, 2.75) is 46.3 Å². The van der Waals surface area contributed by atoms with Crippen LogP contribution in [-0.2, 0) is 11.3 Å². The molecule has 6 nitrogen and oxygen atoms in total. The zero-order chi connectivity index (χ0) is 17.1. The molecule has 3 heterocycles. The number of pyridine rings is 1. The molecule has 2 aromatic heterocycles. The van der Waals surface area contributed by atoms with Crippen LogP contribution in [0.5, 0.6) is 5.88 Å². The van der Waals surface area contributed by atoms with Gasteiger partial charge in [0.15, 0.2) is 0 Å². The van der Waals surface area contributed by atoms with E-state index in [9.17, 15) is 4.79 Å². The molecule has 1 saturated heterocycles. The molecule has 1 aliphatic rings. The third-order valence-corrected chi connectivity index (χ3v) is 4.33. The molecule has 0 spiro atoms. The number of hydrogen-bond donors (Lipinski definition) is 0. The second-order valence-corrected chi connectivity index (χ2v) is 6.40. The van der Waals surface area contributed by atoms with E-state index in [0.29, 0.717) is 25.5 Å². The Kier molecular flexibility index (Phi) is 4.83. The molecule has 0 bridgehead atoms. The van der Waals surface area contributed by atoms with Crippen molar-refractivity contribution in [2.75, 3.05) is 13.1 Å². The maximum Gasteiger partial charge on any atom is 0.244 e. The monoisotopic (exact) mass is 328 g/mol. The van der Waals surface area contributed by atoms with Gasteiger partial charge in [-0.2, -0.15) is 5.10 Å². The summed E-state index contributed by atoms with van der Waals surface area (Å²) in [4.78, 5) is 18.7. The second-order valence-electron chi connectivity index (χ2n) is 6.40. The summed E-state index contributed by atoms with van der Waals surface area (Å²) >= 11 is 0. The first kappa shape index (κ1) is 16.5. The van der Waals surface area contributed by atoms with E-state index in [1.54, 1.807) is 4.68 Å². The Morgan fingerprint density at radius 1 is 1.21 bits per heavy atom. The number of likely N-dealkylation sites (tertiary alicyclic amines) is 1. The molecular weight excluding hydrogens is 304 g/mol. The van der Waals surface area contributed by atoms with Crippen molar-refractivity contribution in [2.24, 2.45) is 0 Å². The molecule has 0 aliphatic carbocycles. The van der Waals surface area contributed by atoms with E-state index in [1.807, 2.05) is 49.9 Å². The number of amides is 1. The van der Waals surface area contributed by atoms with Crippen molar-refractivity contribution < 1.29 is 9.53 Å². The Balaban J connectivity index is 1.51. The van der Waals surface area contributed by atoms with Gasteiger partial charge in [-0.25, -0.2) is 4.98 Å². The van der Waals surface area contributed by atoms with Gasteiger partial charge in [-0.1, -0.05) is 6.07 Å². The van der Waals surface area contributed by atoms with E-state index in [0.717, 1.165) is 29.9 Å². The minimum atomic E-state index is 0.119. The molecule has 128 valence electrons. The largest absolute Gasteiger partial charge is 0.474 e. The van der Waals surface area contributed by atoms with Crippen molar-refractivity contribution in [3.8, 4) is 5.88 Å². The van der Waals surface area contributed by atoms with Gasteiger partial charge in [-0.3, -0.25) is 9.48 Å². The van der Waals surface area contributed by atoms with Crippen LogP contribution in [-0.4, -0.2) is 44.8 Å². The van der Waals surface area contributed by atoms with Gasteiger partial charge in [-0.15, -0.1) is 0 Å². The van der Waals surface area contributed by atoms with Crippen molar-refractivity contribution in [3.63, 3.8) is 0 Å². The lowest BCUT2D eigenvalue weighted by Crippen LogP contribution is -2.43. The average Bonchev–Trinajstić information content (AvgIpc) is 2.85. The van der Waals surface area contributed by atoms with Gasteiger partial charge < -0.3 is 9.64 Å². The van der Waals surface area contributed by atoms with Crippen LogP contribution in [0.2, 0.25) is 0 Å². The Morgan fingerprint density at radius 3 is 2.58 bits per heavy atom. The highest BCUT2D eigenvalue weighted by atomic mass is 16.5. The Hall–Kier alpha value is -2.37. The number of aromatic nitrogens is 3. The normalized spacial score (nSPS) is 15.5. The van der Waals surface area contributed by atoms with Gasteiger partial charge in [0, 0.05) is 43.4 Å². The molecule has 1 aliphatic heterocycles. The summed E-state index contributed by atoms with van der Waals surface area (Å²) < 4.78 is 7.71. The van der Waals surface area contributed by atoms with Crippen LogP contribution in [0.1, 0.15) is 29.9 Å². The Morgan fingerprint density at radius 2 is 1.96 bits per heavy atom. The van der Waals surface area contributed by atoms with E-state index < -0.39 is 0 Å². The van der Waals surface area contributed by atoms with Gasteiger partial charge in [-0.05, 0) is 32.9 Å². The molecule has 3 rings (SSSR count). The molecule has 0 radical (unpaired) electrons. The standard InChI is InChI=1S/C18H24N4O2/c1-13-5-4-6-17(19-13)24-16-7-9-21(10-8-16)18(23)12-22-15(3)11-14(2)20-22/h4-6,11,16H,7-10,12H2,1-3H3. The predicted octanol–water partition coefficient (Wildman–Crippen LogP) is 2.27. The summed E-state index contributed by atoms with van der Waals surface area (Å²) in [6.45, 7) is 7.61. The topological polar surface area (TPSA) is 60.2 Å². The van der Waals surface area contributed by atoms with E-state index in [2.05, 4.69) is 10.1 Å². The van der Waals surface area contributed by atoms with Crippen molar-refractivity contribution in [1.29, 1.82) is 0 Å². The lowest BCUT2D eigenvalue weighted by molar-refractivity contribution is -0.133. The van der Waals surface area contributed by atoms with Gasteiger partial charge in [0.1, 0.15) is 12.6 Å². The number of carbonyl (C=O) groups is 1. The highest BCUT2D eigenvalue weighted by Crippen LogP contribution is 2.18. The zero-order valence-corrected chi connectivity index (χ0v) is 14.5. The third-order valence-electron chi connectivity index (χ3n) is 4.33. The summed E-state index contributed by atoms with van der Waals surface area (Å²) in [5.41, 5.74) is 2.91. The second kappa shape index (κ2) is 7.03. The molecule has 0 aromatic carbocycles. The molecule has 0 saturated carbocycles. The van der Waals surface area contributed by atoms with Crippen LogP contribution in [0.15, 0.2) is 24.3 Å². The highest BCUT2D eigenvalue weighted by Gasteiger charge is 2.24. The highest BCUT2D eigenvalue weighted by molar-refractivity contribution is 5.76. The van der Waals surface area contributed by atoms with Crippen molar-refractivity contribution in [1.82, 2.24) is 19.7 Å². The predicted molar refractivity (Wildman–Crippen MR) is 90.9 cm³/mol. The number of rotatable bonds is 4. The van der Waals surface area contributed by atoms with Crippen molar-refractivity contribution in [3.05, 3.63) is 41.3 Å². The minimum absolute atomic E-state index is 0.119. The number of ether oxygens (including phenoxy) is 1. The fourth-order valence-electron chi connectivity index (χ4n) is 3.04. The summed E-state index contributed by atoms with van der Waals surface area (Å²) in [5, 5.41) is 4.36. The van der Waals surface area contributed by atoms with Crippen LogP contribution >= 0.6 is 0 Å². The van der Waals surface area contributed by atoms with Crippen LogP contribution in [0.4, 0.5) is 0 Å². The fraction of sp³-hybridized carbons (Fsp3) is 0.500. The van der Waals surface area contributed by atoms with Crippen molar-refractivity contribution >= 4 is 5.91 Å². The van der Waals surface area contributed by atoms with Gasteiger partial charge in [0.2, 0.25) is 11.8 Å². The zero-order valence-electron chi connectivity index (χ0n) is 14.5. The number of nitrogens with zero attached hydrogens (tertiary/aromatic N) is 4. The summed E-state index contributed by atoms with van der Waals surface area (Å²) in [6.07, 6.45) is 1.79. The SMILES string of the molecule is Cc1cccc(OC2CCN(C(=O)Cn3nc(C)cc3C)CC2)n1. The summed E-state index contributed by atoms with van der Waals surface area (Å²) in [6, 6.07) is 7.77. The van der Waals surface area contributed by atoms with E-state index in [1.165, 1.54) is 0 Å². The van der Waals surface area contributed by atoms with Crippen LogP contribution in [0, 0.1) is 20.8 Å². The molecule has 0 N–H and O–H groups in total. The smallest absolute Gasteiger partial charge is 0.244 e. The molecule has 0 unspecified atom stereocenters. The molecule has 1 fully saturated rings. The lowest BCUT2D eigenvalue weighted by atomic mass is 10.1. The first-order chi connectivity index (χ1) is 11.5. The molecule has 6 heteroatoms.